The van der Waals surface area contributed by atoms with Crippen molar-refractivity contribution in [3.8, 4) is 5.75 Å². The van der Waals surface area contributed by atoms with E-state index in [-0.39, 0.29) is 17.8 Å². The first-order valence-electron chi connectivity index (χ1n) is 11.0. The Kier molecular flexibility index (Phi) is 8.62. The molecule has 1 saturated carbocycles. The number of nitrogens with zero attached hydrogens (tertiary/aromatic N) is 1. The molecule has 0 aliphatic heterocycles. The van der Waals surface area contributed by atoms with Gasteiger partial charge in [0, 0.05) is 29.1 Å². The van der Waals surface area contributed by atoms with Gasteiger partial charge in [0.05, 0.1) is 12.3 Å². The number of carboxylic acids is 1. The summed E-state index contributed by atoms with van der Waals surface area (Å²) < 4.78 is 50.9. The predicted molar refractivity (Wildman–Crippen MR) is 121 cm³/mol. The molecule has 2 aromatic carbocycles. The van der Waals surface area contributed by atoms with E-state index in [1.54, 1.807) is 18.3 Å². The minimum absolute atomic E-state index is 0.0192. The van der Waals surface area contributed by atoms with Crippen molar-refractivity contribution in [3.05, 3.63) is 66.7 Å². The number of aliphatic carboxylic acids is 1. The van der Waals surface area contributed by atoms with Crippen LogP contribution in [-0.4, -0.2) is 34.2 Å². The van der Waals surface area contributed by atoms with Crippen LogP contribution >= 0.6 is 0 Å². The molecular weight excluding hydrogens is 468 g/mol. The van der Waals surface area contributed by atoms with Crippen LogP contribution in [0.1, 0.15) is 32.1 Å². The van der Waals surface area contributed by atoms with E-state index < -0.39 is 12.1 Å². The normalized spacial score (nSPS) is 17.7. The topological polar surface area (TPSA) is 88.5 Å². The Bertz CT molecular complexity index is 1140. The van der Waals surface area contributed by atoms with E-state index in [1.165, 1.54) is 12.1 Å². The lowest BCUT2D eigenvalue weighted by Gasteiger charge is -2.29. The lowest BCUT2D eigenvalue weighted by molar-refractivity contribution is -0.192. The molecular formula is C25H24F4N2O4. The quantitative estimate of drug-likeness (QED) is 0.428. The Morgan fingerprint density at radius 3 is 2.26 bits per heavy atom. The molecule has 0 spiro atoms. The average Bonchev–Trinajstić information content (AvgIpc) is 2.82. The Hall–Kier alpha value is -3.69. The van der Waals surface area contributed by atoms with Gasteiger partial charge in [-0.2, -0.15) is 13.2 Å². The number of alkyl halides is 3. The van der Waals surface area contributed by atoms with E-state index in [2.05, 4.69) is 16.4 Å². The number of carbonyl (C=O) groups is 2. The number of fused-ring (bicyclic) bond motifs is 1. The number of halogens is 4. The minimum atomic E-state index is -5.08. The van der Waals surface area contributed by atoms with Crippen LogP contribution in [0.4, 0.5) is 23.2 Å². The molecule has 186 valence electrons. The van der Waals surface area contributed by atoms with Gasteiger partial charge in [0.1, 0.15) is 11.6 Å². The number of nitrogens with one attached hydrogen (secondary N) is 1. The zero-order valence-corrected chi connectivity index (χ0v) is 18.6. The number of benzene rings is 2. The van der Waals surface area contributed by atoms with E-state index in [0.717, 1.165) is 42.2 Å². The maximum absolute atomic E-state index is 12.9. The third kappa shape index (κ3) is 7.94. The van der Waals surface area contributed by atoms with Gasteiger partial charge in [0.2, 0.25) is 5.91 Å². The monoisotopic (exact) mass is 492 g/mol. The van der Waals surface area contributed by atoms with Crippen molar-refractivity contribution in [2.75, 3.05) is 5.32 Å². The molecule has 2 N–H and O–H groups in total. The second kappa shape index (κ2) is 11.6. The highest BCUT2D eigenvalue weighted by atomic mass is 19.4. The molecule has 3 aromatic rings. The lowest BCUT2D eigenvalue weighted by Crippen LogP contribution is -2.26. The maximum atomic E-state index is 12.9. The molecule has 0 saturated heterocycles. The summed E-state index contributed by atoms with van der Waals surface area (Å²) >= 11 is 0. The number of hydrogen-bond acceptors (Lipinski definition) is 4. The standard InChI is InChI=1S/C23H23FN2O2.C2HF3O2/c24-18-7-9-19(10-8-18)26-23(27)13-16-5-11-20(12-6-16)28-22-15-25-14-17-3-1-2-4-21(17)22;3-2(4,5)1(6)7/h1-4,7-10,14-16,20H,5-6,11-13H2,(H,26,27);(H,6,7). The Labute approximate surface area is 198 Å². The highest BCUT2D eigenvalue weighted by molar-refractivity contribution is 5.90. The number of anilines is 1. The molecule has 0 bridgehead atoms. The first-order valence-corrected chi connectivity index (χ1v) is 11.0. The summed E-state index contributed by atoms with van der Waals surface area (Å²) in [4.78, 5) is 25.4. The van der Waals surface area contributed by atoms with Crippen molar-refractivity contribution in [3.63, 3.8) is 0 Å². The number of ether oxygens (including phenoxy) is 1. The SMILES string of the molecule is O=C(CC1CCC(Oc2cncc3ccccc23)CC1)Nc1ccc(F)cc1.O=C(O)C(F)(F)F. The third-order valence-corrected chi connectivity index (χ3v) is 5.56. The zero-order chi connectivity index (χ0) is 25.4. The number of rotatable bonds is 5. The fourth-order valence-electron chi connectivity index (χ4n) is 3.82. The summed E-state index contributed by atoms with van der Waals surface area (Å²) in [5, 5.41) is 12.1. The molecule has 1 heterocycles. The third-order valence-electron chi connectivity index (χ3n) is 5.56. The molecule has 4 rings (SSSR count). The summed E-state index contributed by atoms with van der Waals surface area (Å²) in [6.07, 6.45) is 2.96. The van der Waals surface area contributed by atoms with Crippen LogP contribution in [-0.2, 0) is 9.59 Å². The number of pyridine rings is 1. The largest absolute Gasteiger partial charge is 0.490 e. The van der Waals surface area contributed by atoms with Crippen molar-refractivity contribution < 1.29 is 37.0 Å². The smallest absolute Gasteiger partial charge is 0.488 e. The molecule has 1 aliphatic rings. The first-order chi connectivity index (χ1) is 16.6. The van der Waals surface area contributed by atoms with Crippen molar-refractivity contribution >= 4 is 28.3 Å². The summed E-state index contributed by atoms with van der Waals surface area (Å²) in [6.45, 7) is 0. The number of hydrogen-bond donors (Lipinski definition) is 2. The van der Waals surface area contributed by atoms with Crippen molar-refractivity contribution in [2.24, 2.45) is 5.92 Å². The first kappa shape index (κ1) is 25.9. The Balaban J connectivity index is 0.000000429. The lowest BCUT2D eigenvalue weighted by atomic mass is 9.85. The van der Waals surface area contributed by atoms with Crippen LogP contribution in [0.3, 0.4) is 0 Å². The fraction of sp³-hybridized carbons (Fsp3) is 0.320. The molecule has 1 aromatic heterocycles. The molecule has 6 nitrogen and oxygen atoms in total. The van der Waals surface area contributed by atoms with Crippen LogP contribution in [0.5, 0.6) is 5.75 Å². The van der Waals surface area contributed by atoms with Crippen LogP contribution < -0.4 is 10.1 Å². The van der Waals surface area contributed by atoms with Crippen molar-refractivity contribution in [1.82, 2.24) is 4.98 Å². The van der Waals surface area contributed by atoms with Gasteiger partial charge in [-0.15, -0.1) is 0 Å². The summed E-state index contributed by atoms with van der Waals surface area (Å²) in [7, 11) is 0. The van der Waals surface area contributed by atoms with Gasteiger partial charge in [0.25, 0.3) is 0 Å². The number of carbonyl (C=O) groups excluding carboxylic acids is 1. The maximum Gasteiger partial charge on any atom is 0.490 e. The summed E-state index contributed by atoms with van der Waals surface area (Å²) in [5.41, 5.74) is 0.631. The molecule has 1 aliphatic carbocycles. The fourth-order valence-corrected chi connectivity index (χ4v) is 3.82. The van der Waals surface area contributed by atoms with E-state index in [1.807, 2.05) is 24.4 Å². The van der Waals surface area contributed by atoms with Gasteiger partial charge in [0.15, 0.2) is 0 Å². The van der Waals surface area contributed by atoms with Crippen molar-refractivity contribution in [2.45, 2.75) is 44.4 Å². The van der Waals surface area contributed by atoms with Crippen LogP contribution in [0, 0.1) is 11.7 Å². The molecule has 0 atom stereocenters. The second-order valence-corrected chi connectivity index (χ2v) is 8.18. The molecule has 35 heavy (non-hydrogen) atoms. The highest BCUT2D eigenvalue weighted by Gasteiger charge is 2.38. The average molecular weight is 492 g/mol. The molecule has 0 unspecified atom stereocenters. The summed E-state index contributed by atoms with van der Waals surface area (Å²) in [6, 6.07) is 13.9. The van der Waals surface area contributed by atoms with E-state index in [0.29, 0.717) is 18.0 Å². The van der Waals surface area contributed by atoms with Crippen LogP contribution in [0.25, 0.3) is 10.8 Å². The highest BCUT2D eigenvalue weighted by Crippen LogP contribution is 2.32. The Morgan fingerprint density at radius 2 is 1.63 bits per heavy atom. The van der Waals surface area contributed by atoms with Gasteiger partial charge in [-0.05, 0) is 55.9 Å². The van der Waals surface area contributed by atoms with Gasteiger partial charge in [-0.1, -0.05) is 24.3 Å². The number of amides is 1. The second-order valence-electron chi connectivity index (χ2n) is 8.18. The minimum Gasteiger partial charge on any atom is -0.488 e. The Morgan fingerprint density at radius 1 is 1.00 bits per heavy atom. The number of aromatic nitrogens is 1. The summed E-state index contributed by atoms with van der Waals surface area (Å²) in [5.74, 6) is -1.90. The molecule has 0 radical (unpaired) electrons. The van der Waals surface area contributed by atoms with E-state index in [9.17, 15) is 22.4 Å². The van der Waals surface area contributed by atoms with E-state index in [4.69, 9.17) is 14.6 Å². The van der Waals surface area contributed by atoms with Gasteiger partial charge in [-0.3, -0.25) is 9.78 Å². The van der Waals surface area contributed by atoms with E-state index >= 15 is 0 Å². The van der Waals surface area contributed by atoms with Crippen LogP contribution in [0.15, 0.2) is 60.9 Å². The van der Waals surface area contributed by atoms with Gasteiger partial charge >= 0.3 is 12.1 Å². The number of carboxylic acid groups (broad SMARTS) is 1. The molecule has 1 amide bonds. The van der Waals surface area contributed by atoms with Gasteiger partial charge < -0.3 is 15.2 Å². The van der Waals surface area contributed by atoms with Crippen molar-refractivity contribution in [1.29, 1.82) is 0 Å². The van der Waals surface area contributed by atoms with Gasteiger partial charge in [-0.25, -0.2) is 9.18 Å². The molecule has 10 heteroatoms. The molecule has 1 fully saturated rings. The zero-order valence-electron chi connectivity index (χ0n) is 18.6. The predicted octanol–water partition coefficient (Wildman–Crippen LogP) is 5.97. The van der Waals surface area contributed by atoms with Crippen LogP contribution in [0.2, 0.25) is 0 Å².